The number of carbonyl (C=O) groups excluding carboxylic acids is 2. The molecule has 0 spiro atoms. The summed E-state index contributed by atoms with van der Waals surface area (Å²) in [6.45, 7) is 0. The van der Waals surface area contributed by atoms with Gasteiger partial charge in [-0.1, -0.05) is 24.3 Å². The first-order valence-corrected chi connectivity index (χ1v) is 7.87. The molecule has 0 aliphatic heterocycles. The van der Waals surface area contributed by atoms with Crippen LogP contribution in [0.2, 0.25) is 0 Å². The summed E-state index contributed by atoms with van der Waals surface area (Å²) in [5, 5.41) is 35.5. The summed E-state index contributed by atoms with van der Waals surface area (Å²) >= 11 is 0. The molecule has 12 nitrogen and oxygen atoms in total. The number of hydrogen-bond acceptors (Lipinski definition) is 8. The van der Waals surface area contributed by atoms with Crippen LogP contribution >= 0.6 is 0 Å². The van der Waals surface area contributed by atoms with Crippen LogP contribution in [0.3, 0.4) is 0 Å². The molecule has 6 N–H and O–H groups in total. The standard InChI is InChI=1S/2C9H7N3O2.Ni.2H2O/c2*13-9(14)7-1-3-8(4-2-7)12-5-10-11-6-12;;;/h2*1-6H,(H,13,14);;2*1H2/q;;+2;;. The first-order valence-electron chi connectivity index (χ1n) is 7.87. The maximum Gasteiger partial charge on any atom is 2.00 e. The zero-order valence-electron chi connectivity index (χ0n) is 15.7. The van der Waals surface area contributed by atoms with Gasteiger partial charge in [-0.2, -0.15) is 0 Å². The van der Waals surface area contributed by atoms with Crippen molar-refractivity contribution in [3.05, 3.63) is 85.0 Å². The molecule has 0 aliphatic rings. The SMILES string of the molecule is O=C([O-])c1ccc(-n2cnnc2)cc1.O=C([O-])c1ccc(-n2cnnc2)cc1.[Ni+2].[OH3+].[OH3+]. The minimum absolute atomic E-state index is 0. The first kappa shape index (κ1) is 27.1. The molecule has 2 heterocycles. The van der Waals surface area contributed by atoms with Crippen molar-refractivity contribution >= 4 is 11.9 Å². The van der Waals surface area contributed by atoms with Gasteiger partial charge in [0.25, 0.3) is 0 Å². The van der Waals surface area contributed by atoms with E-state index in [0.717, 1.165) is 11.4 Å². The Kier molecular flexibility index (Phi) is 11.0. The summed E-state index contributed by atoms with van der Waals surface area (Å²) in [7, 11) is 0. The molecule has 31 heavy (non-hydrogen) atoms. The third kappa shape index (κ3) is 7.12. The smallest absolute Gasteiger partial charge is 0.545 e. The number of nitrogens with zero attached hydrogens (tertiary/aromatic N) is 6. The van der Waals surface area contributed by atoms with Crippen molar-refractivity contribution < 1.29 is 47.2 Å². The summed E-state index contributed by atoms with van der Waals surface area (Å²) in [5.74, 6) is -2.36. The van der Waals surface area contributed by atoms with Gasteiger partial charge in [-0.3, -0.25) is 9.13 Å². The molecule has 0 amide bonds. The second kappa shape index (κ2) is 12.6. The average molecular weight is 473 g/mol. The Morgan fingerprint density at radius 2 is 0.839 bits per heavy atom. The Morgan fingerprint density at radius 3 is 1.06 bits per heavy atom. The summed E-state index contributed by atoms with van der Waals surface area (Å²) in [6.07, 6.45) is 6.14. The van der Waals surface area contributed by atoms with Crippen molar-refractivity contribution in [1.29, 1.82) is 0 Å². The first-order chi connectivity index (χ1) is 13.5. The molecule has 0 saturated heterocycles. The zero-order chi connectivity index (χ0) is 19.9. The summed E-state index contributed by atoms with van der Waals surface area (Å²) in [6, 6.07) is 12.6. The second-order valence-electron chi connectivity index (χ2n) is 5.41. The molecule has 2 aromatic heterocycles. The van der Waals surface area contributed by atoms with Crippen LogP contribution in [0.5, 0.6) is 0 Å². The van der Waals surface area contributed by atoms with Crippen molar-refractivity contribution in [3.63, 3.8) is 0 Å². The second-order valence-corrected chi connectivity index (χ2v) is 5.41. The fraction of sp³-hybridized carbons (Fsp3) is 0. The Hall–Kier alpha value is -3.93. The molecule has 0 aliphatic carbocycles. The van der Waals surface area contributed by atoms with E-state index in [9.17, 15) is 19.8 Å². The molecular weight excluding hydrogens is 455 g/mol. The van der Waals surface area contributed by atoms with Gasteiger partial charge in [0, 0.05) is 11.4 Å². The third-order valence-corrected chi connectivity index (χ3v) is 3.64. The fourth-order valence-electron chi connectivity index (χ4n) is 2.21. The molecule has 2 aromatic carbocycles. The molecule has 4 rings (SSSR count). The monoisotopic (exact) mass is 472 g/mol. The molecule has 0 unspecified atom stereocenters. The Morgan fingerprint density at radius 1 is 0.581 bits per heavy atom. The Balaban J connectivity index is 0.000000529. The number of carboxylic acids is 2. The zero-order valence-corrected chi connectivity index (χ0v) is 16.7. The molecule has 0 atom stereocenters. The Labute approximate surface area is 185 Å². The van der Waals surface area contributed by atoms with Gasteiger partial charge < -0.3 is 30.8 Å². The van der Waals surface area contributed by atoms with Crippen molar-refractivity contribution in [1.82, 2.24) is 29.5 Å². The van der Waals surface area contributed by atoms with E-state index in [4.69, 9.17) is 0 Å². The molecule has 0 radical (unpaired) electrons. The number of aromatic carboxylic acids is 2. The topological polar surface area (TPSA) is 208 Å². The predicted octanol–water partition coefficient (Wildman–Crippen LogP) is -2.58. The average Bonchev–Trinajstić information content (AvgIpc) is 3.43. The van der Waals surface area contributed by atoms with E-state index in [1.54, 1.807) is 33.4 Å². The molecule has 0 bridgehead atoms. The number of carbonyl (C=O) groups is 2. The van der Waals surface area contributed by atoms with Crippen LogP contribution in [-0.2, 0) is 27.4 Å². The van der Waals surface area contributed by atoms with Gasteiger partial charge >= 0.3 is 16.5 Å². The fourth-order valence-corrected chi connectivity index (χ4v) is 2.21. The van der Waals surface area contributed by atoms with Gasteiger partial charge in [0.15, 0.2) is 0 Å². The number of hydrogen-bond donors (Lipinski definition) is 0. The minimum atomic E-state index is -1.18. The van der Waals surface area contributed by atoms with E-state index >= 15 is 0 Å². The summed E-state index contributed by atoms with van der Waals surface area (Å²) in [4.78, 5) is 20.9. The van der Waals surface area contributed by atoms with Crippen LogP contribution in [0.4, 0.5) is 0 Å². The minimum Gasteiger partial charge on any atom is -0.545 e. The summed E-state index contributed by atoms with van der Waals surface area (Å²) < 4.78 is 3.36. The van der Waals surface area contributed by atoms with Crippen LogP contribution < -0.4 is 10.2 Å². The molecular formula is C18H18N6NiO6+2. The van der Waals surface area contributed by atoms with Gasteiger partial charge in [-0.15, -0.1) is 20.4 Å². The quantitative estimate of drug-likeness (QED) is 0.226. The van der Waals surface area contributed by atoms with Gasteiger partial charge in [-0.25, -0.2) is 0 Å². The van der Waals surface area contributed by atoms with E-state index in [1.165, 1.54) is 49.6 Å². The van der Waals surface area contributed by atoms with Crippen molar-refractivity contribution in [2.75, 3.05) is 0 Å². The van der Waals surface area contributed by atoms with Crippen LogP contribution in [0, 0.1) is 0 Å². The Bertz CT molecular complexity index is 966. The van der Waals surface area contributed by atoms with Gasteiger partial charge in [-0.05, 0) is 35.4 Å². The maximum absolute atomic E-state index is 10.5. The number of benzene rings is 2. The maximum atomic E-state index is 10.5. The van der Waals surface area contributed by atoms with E-state index in [2.05, 4.69) is 20.4 Å². The van der Waals surface area contributed by atoms with Crippen LogP contribution in [0.25, 0.3) is 11.4 Å². The van der Waals surface area contributed by atoms with Crippen LogP contribution in [0.1, 0.15) is 20.7 Å². The van der Waals surface area contributed by atoms with E-state index in [0.29, 0.717) is 0 Å². The van der Waals surface area contributed by atoms with Crippen molar-refractivity contribution in [2.24, 2.45) is 0 Å². The van der Waals surface area contributed by atoms with Gasteiger partial charge in [0.1, 0.15) is 25.3 Å². The largest absolute Gasteiger partial charge is 2.00 e. The van der Waals surface area contributed by atoms with Crippen molar-refractivity contribution in [3.8, 4) is 11.4 Å². The third-order valence-electron chi connectivity index (χ3n) is 3.64. The van der Waals surface area contributed by atoms with Gasteiger partial charge in [0.05, 0.1) is 11.9 Å². The number of aromatic nitrogens is 6. The van der Waals surface area contributed by atoms with E-state index in [1.807, 2.05) is 0 Å². The molecule has 4 aromatic rings. The van der Waals surface area contributed by atoms with Crippen LogP contribution in [0.15, 0.2) is 73.8 Å². The molecule has 164 valence electrons. The normalized spacial score (nSPS) is 9.03. The van der Waals surface area contributed by atoms with Crippen LogP contribution in [-0.4, -0.2) is 41.5 Å². The van der Waals surface area contributed by atoms with E-state index in [-0.39, 0.29) is 38.6 Å². The predicted molar refractivity (Wildman–Crippen MR) is 101 cm³/mol. The molecule has 0 fully saturated rings. The van der Waals surface area contributed by atoms with Crippen molar-refractivity contribution in [2.45, 2.75) is 0 Å². The molecule has 13 heteroatoms. The van der Waals surface area contributed by atoms with E-state index < -0.39 is 11.9 Å². The summed E-state index contributed by atoms with van der Waals surface area (Å²) in [5.41, 5.74) is 1.92. The van der Waals surface area contributed by atoms with Gasteiger partial charge in [0.2, 0.25) is 0 Å². The molecule has 0 saturated carbocycles. The number of carboxylic acid groups (broad SMARTS) is 2. The number of rotatable bonds is 4.